The van der Waals surface area contributed by atoms with Gasteiger partial charge in [0, 0.05) is 10.2 Å². The maximum absolute atomic E-state index is 13.2. The highest BCUT2D eigenvalue weighted by atomic mass is 79.9. The summed E-state index contributed by atoms with van der Waals surface area (Å²) >= 11 is 3.38. The summed E-state index contributed by atoms with van der Waals surface area (Å²) in [6, 6.07) is 18.3. The lowest BCUT2D eigenvalue weighted by atomic mass is 10.1. The van der Waals surface area contributed by atoms with E-state index in [0.29, 0.717) is 27.2 Å². The lowest BCUT2D eigenvalue weighted by molar-refractivity contribution is -0.125. The third-order valence-electron chi connectivity index (χ3n) is 4.80. The highest BCUT2D eigenvalue weighted by Crippen LogP contribution is 2.37. The minimum absolute atomic E-state index is 0.207. The van der Waals surface area contributed by atoms with Gasteiger partial charge < -0.3 is 15.0 Å². The van der Waals surface area contributed by atoms with Crippen molar-refractivity contribution in [2.24, 2.45) is 0 Å². The predicted octanol–water partition coefficient (Wildman–Crippen LogP) is 5.15. The van der Waals surface area contributed by atoms with Crippen molar-refractivity contribution in [1.29, 1.82) is 0 Å². The molecule has 0 spiro atoms. The van der Waals surface area contributed by atoms with E-state index >= 15 is 0 Å². The third-order valence-corrected chi connectivity index (χ3v) is 5.49. The molecular formula is C23H18BrFN2O3. The van der Waals surface area contributed by atoms with E-state index in [1.165, 1.54) is 12.1 Å². The molecule has 0 aromatic heterocycles. The molecule has 3 aromatic carbocycles. The maximum atomic E-state index is 13.2. The number of hydrogen-bond acceptors (Lipinski definition) is 3. The molecular weight excluding hydrogens is 451 g/mol. The Morgan fingerprint density at radius 1 is 1.13 bits per heavy atom. The zero-order chi connectivity index (χ0) is 21.3. The number of hydrogen-bond donors (Lipinski definition) is 1. The molecule has 152 valence electrons. The molecule has 4 rings (SSSR count). The van der Waals surface area contributed by atoms with E-state index in [1.807, 2.05) is 6.07 Å². The molecule has 2 amide bonds. The molecule has 1 atom stereocenters. The molecule has 1 unspecified atom stereocenters. The largest absolute Gasteiger partial charge is 0.479 e. The zero-order valence-electron chi connectivity index (χ0n) is 16.1. The van der Waals surface area contributed by atoms with Crippen LogP contribution in [0.25, 0.3) is 0 Å². The van der Waals surface area contributed by atoms with Crippen LogP contribution in [0.5, 0.6) is 5.75 Å². The summed E-state index contributed by atoms with van der Waals surface area (Å²) in [5, 5.41) is 2.86. The summed E-state index contributed by atoms with van der Waals surface area (Å²) in [4.78, 5) is 27.0. The van der Waals surface area contributed by atoms with Gasteiger partial charge in [0.05, 0.1) is 17.8 Å². The second-order valence-electron chi connectivity index (χ2n) is 6.93. The van der Waals surface area contributed by atoms with Crippen molar-refractivity contribution in [1.82, 2.24) is 0 Å². The quantitative estimate of drug-likeness (QED) is 0.575. The average molecular weight is 469 g/mol. The minimum Gasteiger partial charge on any atom is -0.479 e. The van der Waals surface area contributed by atoms with Crippen molar-refractivity contribution < 1.29 is 18.7 Å². The van der Waals surface area contributed by atoms with Gasteiger partial charge in [0.1, 0.15) is 11.6 Å². The molecule has 0 saturated heterocycles. The molecule has 5 nitrogen and oxygen atoms in total. The fraction of sp³-hybridized carbons (Fsp3) is 0.130. The number of nitrogens with zero attached hydrogens (tertiary/aromatic N) is 1. The summed E-state index contributed by atoms with van der Waals surface area (Å²) in [5.74, 6) is -0.272. The van der Waals surface area contributed by atoms with Crippen LogP contribution in [0.2, 0.25) is 0 Å². The molecule has 1 heterocycles. The van der Waals surface area contributed by atoms with Gasteiger partial charge in [-0.25, -0.2) is 4.39 Å². The summed E-state index contributed by atoms with van der Waals surface area (Å²) < 4.78 is 19.7. The van der Waals surface area contributed by atoms with Crippen molar-refractivity contribution >= 4 is 39.1 Å². The molecule has 0 radical (unpaired) electrons. The number of anilines is 2. The maximum Gasteiger partial charge on any atom is 0.268 e. The Bertz CT molecular complexity index is 1120. The van der Waals surface area contributed by atoms with Gasteiger partial charge in [0.2, 0.25) is 0 Å². The first kappa shape index (κ1) is 20.1. The highest BCUT2D eigenvalue weighted by molar-refractivity contribution is 9.10. The predicted molar refractivity (Wildman–Crippen MR) is 116 cm³/mol. The second-order valence-corrected chi connectivity index (χ2v) is 7.78. The van der Waals surface area contributed by atoms with Crippen LogP contribution in [0.3, 0.4) is 0 Å². The molecule has 1 aliphatic rings. The Labute approximate surface area is 181 Å². The van der Waals surface area contributed by atoms with E-state index in [2.05, 4.69) is 21.2 Å². The monoisotopic (exact) mass is 468 g/mol. The number of nitrogens with one attached hydrogen (secondary N) is 1. The number of amides is 2. The average Bonchev–Trinajstić information content (AvgIpc) is 2.73. The molecule has 1 N–H and O–H groups in total. The van der Waals surface area contributed by atoms with E-state index in [4.69, 9.17) is 4.74 Å². The Morgan fingerprint density at radius 2 is 1.87 bits per heavy atom. The van der Waals surface area contributed by atoms with Crippen LogP contribution in [-0.2, 0) is 11.3 Å². The van der Waals surface area contributed by atoms with Gasteiger partial charge in [-0.2, -0.15) is 0 Å². The molecule has 7 heteroatoms. The van der Waals surface area contributed by atoms with E-state index in [9.17, 15) is 14.0 Å². The van der Waals surface area contributed by atoms with Crippen molar-refractivity contribution in [3.63, 3.8) is 0 Å². The first-order valence-corrected chi connectivity index (χ1v) is 10.1. The van der Waals surface area contributed by atoms with E-state index < -0.39 is 6.10 Å². The number of rotatable bonds is 4. The van der Waals surface area contributed by atoms with Crippen LogP contribution in [0.15, 0.2) is 71.2 Å². The lowest BCUT2D eigenvalue weighted by Crippen LogP contribution is -2.44. The van der Waals surface area contributed by atoms with Crippen molar-refractivity contribution in [2.75, 3.05) is 10.2 Å². The molecule has 0 aliphatic carbocycles. The number of fused-ring (bicyclic) bond motifs is 1. The Hall–Kier alpha value is -3.19. The molecule has 30 heavy (non-hydrogen) atoms. The van der Waals surface area contributed by atoms with Crippen LogP contribution in [0, 0.1) is 5.82 Å². The first-order valence-electron chi connectivity index (χ1n) is 9.35. The highest BCUT2D eigenvalue weighted by Gasteiger charge is 2.32. The molecule has 0 fully saturated rings. The minimum atomic E-state index is -0.640. The Balaban J connectivity index is 1.64. The van der Waals surface area contributed by atoms with Crippen molar-refractivity contribution in [3.05, 3.63) is 88.1 Å². The van der Waals surface area contributed by atoms with Gasteiger partial charge in [0.25, 0.3) is 11.8 Å². The third kappa shape index (κ3) is 4.07. The van der Waals surface area contributed by atoms with Crippen LogP contribution in [0.4, 0.5) is 15.8 Å². The van der Waals surface area contributed by atoms with Crippen LogP contribution in [0.1, 0.15) is 22.8 Å². The SMILES string of the molecule is CC1Oc2ccc(NC(=O)c3ccccc3Br)cc2N(Cc2ccc(F)cc2)C1=O. The van der Waals surface area contributed by atoms with Gasteiger partial charge in [-0.1, -0.05) is 24.3 Å². The van der Waals surface area contributed by atoms with Crippen LogP contribution in [-0.4, -0.2) is 17.9 Å². The number of benzene rings is 3. The Morgan fingerprint density at radius 3 is 2.60 bits per heavy atom. The smallest absolute Gasteiger partial charge is 0.268 e. The normalized spacial score (nSPS) is 15.4. The molecule has 0 bridgehead atoms. The summed E-state index contributed by atoms with van der Waals surface area (Å²) in [6.07, 6.45) is -0.640. The second kappa shape index (κ2) is 8.28. The molecule has 0 saturated carbocycles. The first-order chi connectivity index (χ1) is 14.4. The van der Waals surface area contributed by atoms with Gasteiger partial charge in [-0.15, -0.1) is 0 Å². The van der Waals surface area contributed by atoms with Crippen LogP contribution >= 0.6 is 15.9 Å². The number of carbonyl (C=O) groups excluding carboxylic acids is 2. The molecule has 3 aromatic rings. The summed E-state index contributed by atoms with van der Waals surface area (Å²) in [7, 11) is 0. The van der Waals surface area contributed by atoms with E-state index in [-0.39, 0.29) is 24.2 Å². The van der Waals surface area contributed by atoms with Gasteiger partial charge >= 0.3 is 0 Å². The number of carbonyl (C=O) groups is 2. The lowest BCUT2D eigenvalue weighted by Gasteiger charge is -2.33. The fourth-order valence-electron chi connectivity index (χ4n) is 3.26. The van der Waals surface area contributed by atoms with Gasteiger partial charge in [-0.3, -0.25) is 9.59 Å². The topological polar surface area (TPSA) is 58.6 Å². The number of ether oxygens (including phenoxy) is 1. The summed E-state index contributed by atoms with van der Waals surface area (Å²) in [5.41, 5.74) is 2.36. The van der Waals surface area contributed by atoms with Gasteiger partial charge in [-0.05, 0) is 70.9 Å². The standard InChI is InChI=1S/C23H18BrFN2O3/c1-14-23(29)27(13-15-6-8-16(25)9-7-15)20-12-17(10-11-21(20)30-14)26-22(28)18-4-2-3-5-19(18)24/h2-12,14H,13H2,1H3,(H,26,28). The molecule has 1 aliphatic heterocycles. The van der Waals surface area contributed by atoms with Crippen molar-refractivity contribution in [3.8, 4) is 5.75 Å². The van der Waals surface area contributed by atoms with Gasteiger partial charge in [0.15, 0.2) is 6.10 Å². The van der Waals surface area contributed by atoms with Crippen molar-refractivity contribution in [2.45, 2.75) is 19.6 Å². The summed E-state index contributed by atoms with van der Waals surface area (Å²) in [6.45, 7) is 1.95. The van der Waals surface area contributed by atoms with E-state index in [1.54, 1.807) is 60.4 Å². The fourth-order valence-corrected chi connectivity index (χ4v) is 3.73. The number of halogens is 2. The zero-order valence-corrected chi connectivity index (χ0v) is 17.6. The Kier molecular flexibility index (Phi) is 5.55. The van der Waals surface area contributed by atoms with Crippen LogP contribution < -0.4 is 15.0 Å². The van der Waals surface area contributed by atoms with E-state index in [0.717, 1.165) is 5.56 Å².